The molecule has 104 valence electrons. The summed E-state index contributed by atoms with van der Waals surface area (Å²) in [7, 11) is 4.09. The van der Waals surface area contributed by atoms with Gasteiger partial charge in [-0.05, 0) is 33.0 Å². The Balaban J connectivity index is 2.95. The molecule has 0 bridgehead atoms. The Kier molecular flexibility index (Phi) is 5.71. The fraction of sp³-hybridized carbons (Fsp3) is 0.643. The zero-order valence-corrected chi connectivity index (χ0v) is 12.5. The Hall–Kier alpha value is -1.67. The molecular formula is C14H23N5. The lowest BCUT2D eigenvalue weighted by Crippen LogP contribution is -2.35. The average Bonchev–Trinajstić information content (AvgIpc) is 2.32. The van der Waals surface area contributed by atoms with Crippen LogP contribution in [-0.4, -0.2) is 48.6 Å². The van der Waals surface area contributed by atoms with E-state index in [-0.39, 0.29) is 0 Å². The number of hydrogen-bond donors (Lipinski definition) is 0. The number of rotatable bonds is 6. The van der Waals surface area contributed by atoms with Gasteiger partial charge < -0.3 is 9.80 Å². The summed E-state index contributed by atoms with van der Waals surface area (Å²) in [6.45, 7) is 8.92. The highest BCUT2D eigenvalue weighted by Gasteiger charge is 2.13. The van der Waals surface area contributed by atoms with Gasteiger partial charge in [0.1, 0.15) is 11.8 Å². The molecule has 0 amide bonds. The van der Waals surface area contributed by atoms with E-state index in [4.69, 9.17) is 5.26 Å². The Labute approximate surface area is 115 Å². The molecule has 0 aliphatic carbocycles. The lowest BCUT2D eigenvalue weighted by atomic mass is 10.2. The monoisotopic (exact) mass is 261 g/mol. The third kappa shape index (κ3) is 5.23. The normalized spacial score (nSPS) is 10.8. The molecule has 0 aliphatic heterocycles. The van der Waals surface area contributed by atoms with Crippen LogP contribution in [-0.2, 0) is 0 Å². The molecule has 19 heavy (non-hydrogen) atoms. The second-order valence-corrected chi connectivity index (χ2v) is 5.45. The van der Waals surface area contributed by atoms with E-state index >= 15 is 0 Å². The van der Waals surface area contributed by atoms with E-state index in [1.165, 1.54) is 0 Å². The number of likely N-dealkylation sites (N-methyl/N-ethyl adjacent to an activating group) is 1. The zero-order valence-electron chi connectivity index (χ0n) is 12.5. The van der Waals surface area contributed by atoms with E-state index < -0.39 is 0 Å². The quantitative estimate of drug-likeness (QED) is 0.780. The van der Waals surface area contributed by atoms with Crippen LogP contribution in [0.4, 0.5) is 5.95 Å². The highest BCUT2D eigenvalue weighted by atomic mass is 15.3. The summed E-state index contributed by atoms with van der Waals surface area (Å²) in [4.78, 5) is 13.1. The van der Waals surface area contributed by atoms with Gasteiger partial charge in [-0.3, -0.25) is 0 Å². The molecule has 0 aromatic carbocycles. The van der Waals surface area contributed by atoms with Crippen molar-refractivity contribution in [2.45, 2.75) is 20.8 Å². The maximum absolute atomic E-state index is 9.00. The number of anilines is 1. The molecule has 1 aromatic heterocycles. The molecule has 0 spiro atoms. The molecule has 5 heteroatoms. The van der Waals surface area contributed by atoms with Gasteiger partial charge in [0.05, 0.1) is 0 Å². The molecule has 5 nitrogen and oxygen atoms in total. The van der Waals surface area contributed by atoms with E-state index in [0.717, 1.165) is 25.3 Å². The van der Waals surface area contributed by atoms with Crippen molar-refractivity contribution in [2.75, 3.05) is 38.6 Å². The van der Waals surface area contributed by atoms with E-state index in [1.807, 2.05) is 21.0 Å². The van der Waals surface area contributed by atoms with Crippen molar-refractivity contribution in [1.29, 1.82) is 5.26 Å². The summed E-state index contributed by atoms with van der Waals surface area (Å²) in [5.41, 5.74) is 1.27. The zero-order chi connectivity index (χ0) is 14.4. The molecule has 0 aliphatic rings. The van der Waals surface area contributed by atoms with E-state index in [1.54, 1.807) is 6.07 Å². The number of aryl methyl sites for hydroxylation is 1. The Morgan fingerprint density at radius 1 is 1.26 bits per heavy atom. The van der Waals surface area contributed by atoms with Gasteiger partial charge in [0.2, 0.25) is 5.95 Å². The van der Waals surface area contributed by atoms with Crippen LogP contribution in [0.25, 0.3) is 0 Å². The summed E-state index contributed by atoms with van der Waals surface area (Å²) in [6, 6.07) is 3.80. The van der Waals surface area contributed by atoms with Gasteiger partial charge in [0, 0.05) is 25.3 Å². The van der Waals surface area contributed by atoms with Gasteiger partial charge in [-0.25, -0.2) is 9.97 Å². The van der Waals surface area contributed by atoms with Gasteiger partial charge in [0.15, 0.2) is 0 Å². The molecular weight excluding hydrogens is 238 g/mol. The van der Waals surface area contributed by atoms with Gasteiger partial charge in [-0.2, -0.15) is 5.26 Å². The topological polar surface area (TPSA) is 56.1 Å². The predicted octanol–water partition coefficient (Wildman–Crippen LogP) is 1.68. The minimum Gasteiger partial charge on any atom is -0.339 e. The van der Waals surface area contributed by atoms with Gasteiger partial charge in [-0.15, -0.1) is 0 Å². The molecule has 1 rings (SSSR count). The van der Waals surface area contributed by atoms with Crippen LogP contribution in [0.3, 0.4) is 0 Å². The van der Waals surface area contributed by atoms with Crippen molar-refractivity contribution in [3.8, 4) is 6.07 Å². The van der Waals surface area contributed by atoms with Crippen LogP contribution < -0.4 is 4.90 Å². The van der Waals surface area contributed by atoms with E-state index in [2.05, 4.69) is 39.7 Å². The van der Waals surface area contributed by atoms with Crippen LogP contribution in [0.1, 0.15) is 25.2 Å². The van der Waals surface area contributed by atoms with Crippen molar-refractivity contribution < 1.29 is 0 Å². The molecule has 0 N–H and O–H groups in total. The van der Waals surface area contributed by atoms with Crippen LogP contribution in [0.2, 0.25) is 0 Å². The number of aromatic nitrogens is 2. The Morgan fingerprint density at radius 3 is 2.47 bits per heavy atom. The number of nitrogens with zero attached hydrogens (tertiary/aromatic N) is 5. The van der Waals surface area contributed by atoms with Gasteiger partial charge in [-0.1, -0.05) is 13.8 Å². The largest absolute Gasteiger partial charge is 0.339 e. The molecule has 0 fully saturated rings. The van der Waals surface area contributed by atoms with Crippen molar-refractivity contribution in [3.05, 3.63) is 17.5 Å². The Morgan fingerprint density at radius 2 is 1.95 bits per heavy atom. The van der Waals surface area contributed by atoms with Gasteiger partial charge in [0.25, 0.3) is 0 Å². The summed E-state index contributed by atoms with van der Waals surface area (Å²) >= 11 is 0. The molecule has 0 radical (unpaired) electrons. The third-order valence-corrected chi connectivity index (χ3v) is 2.64. The highest BCUT2D eigenvalue weighted by molar-refractivity contribution is 5.36. The molecule has 0 saturated carbocycles. The first-order valence-corrected chi connectivity index (χ1v) is 6.58. The second-order valence-electron chi connectivity index (χ2n) is 5.45. The van der Waals surface area contributed by atoms with Crippen LogP contribution in [0.15, 0.2) is 6.07 Å². The SMILES string of the molecule is Cc1cc(C#N)nc(N(CCN(C)C)CC(C)C)n1. The fourth-order valence-electron chi connectivity index (χ4n) is 1.79. The standard InChI is InChI=1S/C14H23N5/c1-11(2)10-19(7-6-18(4)5)14-16-12(3)8-13(9-15)17-14/h8,11H,6-7,10H2,1-5H3. The molecule has 0 unspecified atom stereocenters. The maximum atomic E-state index is 9.00. The smallest absolute Gasteiger partial charge is 0.226 e. The van der Waals surface area contributed by atoms with E-state index in [0.29, 0.717) is 17.6 Å². The highest BCUT2D eigenvalue weighted by Crippen LogP contribution is 2.12. The average molecular weight is 261 g/mol. The summed E-state index contributed by atoms with van der Waals surface area (Å²) < 4.78 is 0. The minimum absolute atomic E-state index is 0.432. The first-order chi connectivity index (χ1) is 8.92. The first-order valence-electron chi connectivity index (χ1n) is 6.58. The minimum atomic E-state index is 0.432. The van der Waals surface area contributed by atoms with Gasteiger partial charge >= 0.3 is 0 Å². The second kappa shape index (κ2) is 7.05. The van der Waals surface area contributed by atoms with Crippen LogP contribution in [0.5, 0.6) is 0 Å². The van der Waals surface area contributed by atoms with Crippen LogP contribution in [0, 0.1) is 24.2 Å². The van der Waals surface area contributed by atoms with Crippen molar-refractivity contribution in [3.63, 3.8) is 0 Å². The summed E-state index contributed by atoms with van der Waals surface area (Å²) in [5, 5.41) is 9.00. The molecule has 1 aromatic rings. The lowest BCUT2D eigenvalue weighted by Gasteiger charge is -2.26. The van der Waals surface area contributed by atoms with Crippen molar-refractivity contribution in [2.24, 2.45) is 5.92 Å². The number of hydrogen-bond acceptors (Lipinski definition) is 5. The lowest BCUT2D eigenvalue weighted by molar-refractivity contribution is 0.407. The summed E-state index contributed by atoms with van der Waals surface area (Å²) in [6.07, 6.45) is 0. The molecule has 0 saturated heterocycles. The fourth-order valence-corrected chi connectivity index (χ4v) is 1.79. The molecule has 1 heterocycles. The molecule has 0 atom stereocenters. The number of nitriles is 1. The Bertz CT molecular complexity index is 448. The van der Waals surface area contributed by atoms with Crippen LogP contribution >= 0.6 is 0 Å². The maximum Gasteiger partial charge on any atom is 0.226 e. The van der Waals surface area contributed by atoms with Crippen molar-refractivity contribution >= 4 is 5.95 Å². The summed E-state index contributed by atoms with van der Waals surface area (Å²) in [5.74, 6) is 1.18. The van der Waals surface area contributed by atoms with Crippen molar-refractivity contribution in [1.82, 2.24) is 14.9 Å². The first kappa shape index (κ1) is 15.4. The predicted molar refractivity (Wildman–Crippen MR) is 77.1 cm³/mol. The van der Waals surface area contributed by atoms with E-state index in [9.17, 15) is 0 Å². The third-order valence-electron chi connectivity index (χ3n) is 2.64.